The van der Waals surface area contributed by atoms with E-state index in [0.717, 1.165) is 17.6 Å². The molecule has 5 rings (SSSR count). The van der Waals surface area contributed by atoms with Crippen molar-refractivity contribution < 1.29 is 32.0 Å². The number of nitrogens with zero attached hydrogens (tertiary/aromatic N) is 4. The molecule has 3 amide bonds. The third-order valence-electron chi connectivity index (χ3n) is 5.46. The van der Waals surface area contributed by atoms with Crippen molar-refractivity contribution in [1.82, 2.24) is 20.2 Å². The van der Waals surface area contributed by atoms with E-state index in [4.69, 9.17) is 4.52 Å². The van der Waals surface area contributed by atoms with Crippen molar-refractivity contribution in [1.29, 1.82) is 0 Å². The summed E-state index contributed by atoms with van der Waals surface area (Å²) in [7, 11) is 0. The second-order valence-corrected chi connectivity index (χ2v) is 8.40. The Kier molecular flexibility index (Phi) is 6.91. The maximum atomic E-state index is 13.5. The van der Waals surface area contributed by atoms with Gasteiger partial charge in [-0.2, -0.15) is 13.2 Å². The molecule has 198 valence electrons. The van der Waals surface area contributed by atoms with Gasteiger partial charge in [0, 0.05) is 35.5 Å². The molecule has 0 saturated heterocycles. The molecule has 0 bridgehead atoms. The van der Waals surface area contributed by atoms with Gasteiger partial charge >= 0.3 is 18.1 Å². The molecule has 11 nitrogen and oxygen atoms in total. The second kappa shape index (κ2) is 10.6. The summed E-state index contributed by atoms with van der Waals surface area (Å²) in [5.74, 6) is -0.605. The van der Waals surface area contributed by atoms with Crippen molar-refractivity contribution in [2.45, 2.75) is 19.1 Å². The van der Waals surface area contributed by atoms with Gasteiger partial charge in [-0.25, -0.2) is 4.79 Å². The molecule has 39 heavy (non-hydrogen) atoms. The fraction of sp³-hybridized carbons (Fsp3) is 0.120. The first-order valence-corrected chi connectivity index (χ1v) is 11.5. The smallest absolute Gasteiger partial charge is 0.360 e. The van der Waals surface area contributed by atoms with E-state index in [2.05, 4.69) is 36.2 Å². The lowest BCUT2D eigenvalue weighted by atomic mass is 10.1. The quantitative estimate of drug-likeness (QED) is 0.230. The van der Waals surface area contributed by atoms with Crippen LogP contribution in [0.25, 0.3) is 11.0 Å². The van der Waals surface area contributed by atoms with Crippen molar-refractivity contribution in [3.63, 3.8) is 0 Å². The first kappa shape index (κ1) is 25.4. The molecule has 4 heterocycles. The number of rotatable bonds is 7. The van der Waals surface area contributed by atoms with Crippen LogP contribution in [0.3, 0.4) is 0 Å². The molecular formula is C25H20F3N8O3+. The lowest BCUT2D eigenvalue weighted by Crippen LogP contribution is -2.35. The number of benzene rings is 1. The Morgan fingerprint density at radius 3 is 2.54 bits per heavy atom. The minimum absolute atomic E-state index is 0.0451. The average molecular weight is 537 g/mol. The van der Waals surface area contributed by atoms with Crippen LogP contribution in [0.1, 0.15) is 16.8 Å². The molecule has 0 unspecified atom stereocenters. The maximum absolute atomic E-state index is 13.5. The number of aromatic amines is 1. The zero-order valence-corrected chi connectivity index (χ0v) is 20.0. The summed E-state index contributed by atoms with van der Waals surface area (Å²) in [6.45, 7) is 0.277. The van der Waals surface area contributed by atoms with Gasteiger partial charge in [-0.3, -0.25) is 24.6 Å². The van der Waals surface area contributed by atoms with Crippen molar-refractivity contribution in [2.24, 2.45) is 0 Å². The highest BCUT2D eigenvalue weighted by Gasteiger charge is 2.31. The summed E-state index contributed by atoms with van der Waals surface area (Å²) < 4.78 is 47.1. The number of alkyl halides is 3. The first-order valence-electron chi connectivity index (χ1n) is 11.5. The number of carbonyl (C=O) groups excluding carboxylic acids is 2. The number of urea groups is 1. The number of halogens is 3. The summed E-state index contributed by atoms with van der Waals surface area (Å²) in [6, 6.07) is 10.7. The largest absolute Gasteiger partial charge is 0.416 e. The van der Waals surface area contributed by atoms with E-state index in [1.807, 2.05) is 0 Å². The van der Waals surface area contributed by atoms with Gasteiger partial charge in [-0.15, -0.1) is 0 Å². The van der Waals surface area contributed by atoms with Crippen LogP contribution >= 0.6 is 0 Å². The Bertz CT molecular complexity index is 1630. The normalized spacial score (nSPS) is 11.4. The highest BCUT2D eigenvalue weighted by Crippen LogP contribution is 2.33. The number of nitrogens with one attached hydrogen (secondary N) is 4. The number of carbonyl (C=O) groups is 2. The van der Waals surface area contributed by atoms with Crippen LogP contribution in [-0.2, 0) is 23.9 Å². The van der Waals surface area contributed by atoms with Crippen LogP contribution < -0.4 is 20.6 Å². The van der Waals surface area contributed by atoms with E-state index in [1.165, 1.54) is 16.9 Å². The number of amides is 3. The Hall–Kier alpha value is -5.27. The summed E-state index contributed by atoms with van der Waals surface area (Å²) >= 11 is 0. The third kappa shape index (κ3) is 6.36. The molecule has 0 spiro atoms. The summed E-state index contributed by atoms with van der Waals surface area (Å²) in [4.78, 5) is 36.5. The lowest BCUT2D eigenvalue weighted by molar-refractivity contribution is -0.755. The van der Waals surface area contributed by atoms with Gasteiger partial charge < -0.3 is 15.6 Å². The molecule has 0 aliphatic heterocycles. The maximum Gasteiger partial charge on any atom is 0.416 e. The number of aromatic nitrogens is 5. The Labute approximate surface area is 218 Å². The van der Waals surface area contributed by atoms with Gasteiger partial charge in [-0.05, 0) is 47.1 Å². The van der Waals surface area contributed by atoms with Crippen molar-refractivity contribution in [3.8, 4) is 0 Å². The minimum atomic E-state index is -4.73. The Morgan fingerprint density at radius 1 is 0.974 bits per heavy atom. The molecule has 0 saturated carbocycles. The Morgan fingerprint density at radius 2 is 1.77 bits per heavy atom. The van der Waals surface area contributed by atoms with E-state index < -0.39 is 23.7 Å². The highest BCUT2D eigenvalue weighted by molar-refractivity contribution is 6.00. The van der Waals surface area contributed by atoms with E-state index >= 15 is 0 Å². The molecule has 0 aliphatic rings. The van der Waals surface area contributed by atoms with Crippen LogP contribution in [0.15, 0.2) is 77.8 Å². The molecular weight excluding hydrogens is 517 g/mol. The summed E-state index contributed by atoms with van der Waals surface area (Å²) in [6.07, 6.45) is 1.35. The lowest BCUT2D eigenvalue weighted by Gasteiger charge is -2.14. The number of hydrogen-bond donors (Lipinski definition) is 4. The minimum Gasteiger partial charge on any atom is -0.360 e. The average Bonchev–Trinajstić information content (AvgIpc) is 3.50. The van der Waals surface area contributed by atoms with Crippen LogP contribution in [-0.4, -0.2) is 32.2 Å². The fourth-order valence-corrected chi connectivity index (χ4v) is 3.80. The fourth-order valence-electron chi connectivity index (χ4n) is 3.80. The zero-order valence-electron chi connectivity index (χ0n) is 20.0. The van der Waals surface area contributed by atoms with Crippen LogP contribution in [0.2, 0.25) is 0 Å². The third-order valence-corrected chi connectivity index (χ3v) is 5.46. The second-order valence-electron chi connectivity index (χ2n) is 8.40. The summed E-state index contributed by atoms with van der Waals surface area (Å²) in [5, 5.41) is 10.9. The van der Waals surface area contributed by atoms with Gasteiger partial charge in [0.2, 0.25) is 17.7 Å². The van der Waals surface area contributed by atoms with Crippen LogP contribution in [0.4, 0.5) is 35.2 Å². The number of hydrogen-bond acceptors (Lipinski definition) is 6. The summed E-state index contributed by atoms with van der Waals surface area (Å²) in [5.41, 5.74) is 1.19. The van der Waals surface area contributed by atoms with Gasteiger partial charge in [0.05, 0.1) is 23.0 Å². The molecule has 4 aromatic heterocycles. The van der Waals surface area contributed by atoms with Crippen molar-refractivity contribution >= 4 is 40.2 Å². The SMILES string of the molecule is O=C(Cc1c[nH]c2cccnc12)Nc1cc(NC(=O)Nc2c[n+](Cc3ccccn3)no2)cc(C(F)(F)F)c1. The Balaban J connectivity index is 1.27. The van der Waals surface area contributed by atoms with Gasteiger partial charge in [0.25, 0.3) is 6.20 Å². The number of fused-ring (bicyclic) bond motifs is 1. The number of pyridine rings is 2. The van der Waals surface area contributed by atoms with E-state index in [-0.39, 0.29) is 30.2 Å². The first-order chi connectivity index (χ1) is 18.7. The molecule has 0 atom stereocenters. The zero-order chi connectivity index (χ0) is 27.4. The molecule has 0 fully saturated rings. The van der Waals surface area contributed by atoms with Gasteiger partial charge in [-0.1, -0.05) is 6.07 Å². The van der Waals surface area contributed by atoms with E-state index in [9.17, 15) is 22.8 Å². The van der Waals surface area contributed by atoms with Gasteiger partial charge in [0.1, 0.15) is 5.69 Å². The topological polar surface area (TPSA) is 142 Å². The van der Waals surface area contributed by atoms with E-state index in [1.54, 1.807) is 48.9 Å². The molecule has 0 radical (unpaired) electrons. The number of H-pyrrole nitrogens is 1. The molecule has 0 aliphatic carbocycles. The molecule has 1 aromatic carbocycles. The predicted molar refractivity (Wildman–Crippen MR) is 133 cm³/mol. The standard InChI is InChI=1S/C25H19F3N8O3/c26-25(27,28)16-9-18(32-21(37)8-15-12-31-20-5-3-7-30-23(15)20)11-19(10-16)33-24(38)34-22-14-36(35-39-22)13-17-4-1-2-6-29-17/h1-7,9-12,14H,8,13H2,(H3-,30,31,32,33,34,35,37,38)/p+1. The van der Waals surface area contributed by atoms with Crippen LogP contribution in [0, 0.1) is 0 Å². The van der Waals surface area contributed by atoms with Gasteiger partial charge in [0.15, 0.2) is 0 Å². The number of anilines is 3. The monoisotopic (exact) mass is 537 g/mol. The molecule has 5 aromatic rings. The van der Waals surface area contributed by atoms with Crippen molar-refractivity contribution in [2.75, 3.05) is 16.0 Å². The predicted octanol–water partition coefficient (Wildman–Crippen LogP) is 4.13. The van der Waals surface area contributed by atoms with E-state index in [0.29, 0.717) is 16.8 Å². The van der Waals surface area contributed by atoms with Crippen LogP contribution in [0.5, 0.6) is 0 Å². The molecule has 14 heteroatoms. The highest BCUT2D eigenvalue weighted by atomic mass is 19.4. The van der Waals surface area contributed by atoms with Crippen molar-refractivity contribution in [3.05, 3.63) is 90.1 Å². The molecule has 4 N–H and O–H groups in total.